The van der Waals surface area contributed by atoms with Gasteiger partial charge < -0.3 is 15.0 Å². The molecular formula is C25H28ClFN4O4. The summed E-state index contributed by atoms with van der Waals surface area (Å²) >= 11 is 6.23. The average molecular weight is 503 g/mol. The number of carbonyl (C=O) groups excluding carboxylic acids is 3. The summed E-state index contributed by atoms with van der Waals surface area (Å²) in [4.78, 5) is 41.8. The zero-order valence-electron chi connectivity index (χ0n) is 19.7. The summed E-state index contributed by atoms with van der Waals surface area (Å²) in [7, 11) is 3.05. The van der Waals surface area contributed by atoms with Gasteiger partial charge in [-0.2, -0.15) is 0 Å². The van der Waals surface area contributed by atoms with E-state index in [9.17, 15) is 18.8 Å². The second kappa shape index (κ2) is 12.4. The van der Waals surface area contributed by atoms with Crippen LogP contribution >= 0.6 is 11.6 Å². The van der Waals surface area contributed by atoms with Crippen LogP contribution < -0.4 is 15.0 Å². The highest BCUT2D eigenvalue weighted by atomic mass is 35.5. The third-order valence-electron chi connectivity index (χ3n) is 5.67. The van der Waals surface area contributed by atoms with Gasteiger partial charge in [0.25, 0.3) is 0 Å². The Morgan fingerprint density at radius 1 is 1.17 bits per heavy atom. The number of benzene rings is 2. The number of anilines is 1. The molecule has 0 saturated carbocycles. The molecule has 0 aliphatic carbocycles. The Kier molecular flexibility index (Phi) is 9.36. The number of likely N-dealkylation sites (N-methyl/N-ethyl adjacent to an activating group) is 1. The quantitative estimate of drug-likeness (QED) is 0.419. The summed E-state index contributed by atoms with van der Waals surface area (Å²) in [5.41, 5.74) is 1.70. The molecule has 1 aliphatic heterocycles. The van der Waals surface area contributed by atoms with Crippen LogP contribution in [0.4, 0.5) is 10.1 Å². The van der Waals surface area contributed by atoms with E-state index in [4.69, 9.17) is 16.3 Å². The molecule has 35 heavy (non-hydrogen) atoms. The molecule has 1 heterocycles. The van der Waals surface area contributed by atoms with Gasteiger partial charge in [0.15, 0.2) is 0 Å². The first kappa shape index (κ1) is 26.3. The number of halogens is 2. The fraction of sp³-hybridized carbons (Fsp3) is 0.320. The van der Waals surface area contributed by atoms with Crippen molar-refractivity contribution in [3.8, 4) is 5.75 Å². The third-order valence-corrected chi connectivity index (χ3v) is 5.97. The van der Waals surface area contributed by atoms with Crippen LogP contribution in [0, 0.1) is 5.82 Å². The molecule has 3 amide bonds. The zero-order chi connectivity index (χ0) is 25.4. The molecule has 0 atom stereocenters. The molecule has 0 unspecified atom stereocenters. The topological polar surface area (TPSA) is 82.2 Å². The van der Waals surface area contributed by atoms with E-state index in [1.807, 2.05) is 0 Å². The first-order valence-corrected chi connectivity index (χ1v) is 11.5. The van der Waals surface area contributed by atoms with Crippen molar-refractivity contribution in [2.24, 2.45) is 0 Å². The third kappa shape index (κ3) is 6.88. The van der Waals surface area contributed by atoms with Crippen LogP contribution in [0.15, 0.2) is 42.5 Å². The fourth-order valence-electron chi connectivity index (χ4n) is 3.78. The van der Waals surface area contributed by atoms with Crippen LogP contribution in [0.2, 0.25) is 5.02 Å². The van der Waals surface area contributed by atoms with Crippen molar-refractivity contribution in [1.82, 2.24) is 15.1 Å². The van der Waals surface area contributed by atoms with Gasteiger partial charge in [0.1, 0.15) is 11.6 Å². The van der Waals surface area contributed by atoms with Crippen molar-refractivity contribution in [2.75, 3.05) is 51.8 Å². The number of ether oxygens (including phenoxy) is 1. The van der Waals surface area contributed by atoms with Gasteiger partial charge in [0.2, 0.25) is 18.2 Å². The predicted molar refractivity (Wildman–Crippen MR) is 133 cm³/mol. The molecule has 1 fully saturated rings. The summed E-state index contributed by atoms with van der Waals surface area (Å²) in [5.74, 6) is -0.573. The highest BCUT2D eigenvalue weighted by molar-refractivity contribution is 6.32. The Labute approximate surface area is 208 Å². The lowest BCUT2D eigenvalue weighted by molar-refractivity contribution is -0.127. The fourth-order valence-corrected chi connectivity index (χ4v) is 4.02. The number of carbonyl (C=O) groups is 3. The van der Waals surface area contributed by atoms with Crippen molar-refractivity contribution in [3.63, 3.8) is 0 Å². The van der Waals surface area contributed by atoms with Crippen molar-refractivity contribution >= 4 is 41.6 Å². The van der Waals surface area contributed by atoms with Crippen molar-refractivity contribution in [1.29, 1.82) is 0 Å². The van der Waals surface area contributed by atoms with Crippen LogP contribution in [-0.4, -0.2) is 74.9 Å². The van der Waals surface area contributed by atoms with Gasteiger partial charge in [0, 0.05) is 44.4 Å². The second-order valence-electron chi connectivity index (χ2n) is 8.01. The van der Waals surface area contributed by atoms with Gasteiger partial charge in [0.05, 0.1) is 24.4 Å². The monoisotopic (exact) mass is 502 g/mol. The Bertz CT molecular complexity index is 1090. The van der Waals surface area contributed by atoms with Crippen molar-refractivity contribution in [3.05, 3.63) is 64.4 Å². The largest absolute Gasteiger partial charge is 0.495 e. The first-order chi connectivity index (χ1) is 16.9. The van der Waals surface area contributed by atoms with Gasteiger partial charge >= 0.3 is 0 Å². The van der Waals surface area contributed by atoms with E-state index in [2.05, 4.69) is 10.2 Å². The summed E-state index contributed by atoms with van der Waals surface area (Å²) in [5, 5.41) is 2.94. The maximum Gasteiger partial charge on any atom is 0.247 e. The maximum absolute atomic E-state index is 13.1. The Hall–Kier alpha value is -3.27. The number of methoxy groups -OCH3 is 1. The lowest BCUT2D eigenvalue weighted by atomic mass is 10.1. The number of rotatable bonds is 9. The van der Waals surface area contributed by atoms with Gasteiger partial charge in [-0.1, -0.05) is 23.7 Å². The standard InChI is InChI=1S/C25H28ClFN4O4/c1-28-15-25(34)31(17-32)22-14-21(26)23(35-2)13-19(22)5-8-24(33)30-11-9-29(10-12-30)16-18-3-6-20(27)7-4-18/h3-8,13-14,17,28H,9-12,15-16H2,1-2H3/b8-5+. The number of nitrogens with one attached hydrogen (secondary N) is 1. The van der Waals surface area contributed by atoms with Gasteiger partial charge in [-0.15, -0.1) is 0 Å². The van der Waals surface area contributed by atoms with Gasteiger partial charge in [-0.25, -0.2) is 4.39 Å². The van der Waals surface area contributed by atoms with Crippen LogP contribution in [0.1, 0.15) is 11.1 Å². The molecule has 1 saturated heterocycles. The van der Waals surface area contributed by atoms with E-state index in [1.165, 1.54) is 31.4 Å². The molecule has 1 aliphatic rings. The van der Waals surface area contributed by atoms with Crippen molar-refractivity contribution < 1.29 is 23.5 Å². The highest BCUT2D eigenvalue weighted by Crippen LogP contribution is 2.33. The summed E-state index contributed by atoms with van der Waals surface area (Å²) in [6.45, 7) is 3.11. The van der Waals surface area contributed by atoms with E-state index in [0.717, 1.165) is 10.5 Å². The smallest absolute Gasteiger partial charge is 0.247 e. The second-order valence-corrected chi connectivity index (χ2v) is 8.41. The maximum atomic E-state index is 13.1. The minimum Gasteiger partial charge on any atom is -0.495 e. The van der Waals surface area contributed by atoms with Gasteiger partial charge in [-0.05, 0) is 43.0 Å². The molecule has 3 rings (SSSR count). The number of piperazine rings is 1. The number of hydrogen-bond donors (Lipinski definition) is 1. The molecule has 2 aromatic carbocycles. The molecule has 186 valence electrons. The van der Waals surface area contributed by atoms with E-state index < -0.39 is 5.91 Å². The minimum atomic E-state index is -0.470. The molecule has 10 heteroatoms. The lowest BCUT2D eigenvalue weighted by Gasteiger charge is -2.34. The molecule has 2 aromatic rings. The summed E-state index contributed by atoms with van der Waals surface area (Å²) in [6, 6.07) is 9.44. The SMILES string of the molecule is CNCC(=O)N(C=O)c1cc(Cl)c(OC)cc1/C=C/C(=O)N1CCN(Cc2ccc(F)cc2)CC1. The molecule has 1 N–H and O–H groups in total. The number of amides is 3. The molecular weight excluding hydrogens is 475 g/mol. The molecule has 0 aromatic heterocycles. The van der Waals surface area contributed by atoms with E-state index in [1.54, 1.807) is 36.2 Å². The van der Waals surface area contributed by atoms with E-state index in [0.29, 0.717) is 50.4 Å². The predicted octanol–water partition coefficient (Wildman–Crippen LogP) is 2.55. The highest BCUT2D eigenvalue weighted by Gasteiger charge is 2.22. The molecule has 0 bridgehead atoms. The van der Waals surface area contributed by atoms with Crippen LogP contribution in [-0.2, 0) is 20.9 Å². The Balaban J connectivity index is 1.70. The lowest BCUT2D eigenvalue weighted by Crippen LogP contribution is -2.47. The zero-order valence-corrected chi connectivity index (χ0v) is 20.4. The normalized spacial score (nSPS) is 14.2. The summed E-state index contributed by atoms with van der Waals surface area (Å²) < 4.78 is 18.4. The van der Waals surface area contributed by atoms with Crippen molar-refractivity contribution in [2.45, 2.75) is 6.54 Å². The van der Waals surface area contributed by atoms with Crippen LogP contribution in [0.25, 0.3) is 6.08 Å². The first-order valence-electron chi connectivity index (χ1n) is 11.1. The Morgan fingerprint density at radius 2 is 1.86 bits per heavy atom. The minimum absolute atomic E-state index is 0.0489. The summed E-state index contributed by atoms with van der Waals surface area (Å²) in [6.07, 6.45) is 3.37. The van der Waals surface area contributed by atoms with E-state index in [-0.39, 0.29) is 29.0 Å². The molecule has 0 spiro atoms. The van der Waals surface area contributed by atoms with Gasteiger partial charge in [-0.3, -0.25) is 24.2 Å². The number of hydrogen-bond acceptors (Lipinski definition) is 6. The molecule has 0 radical (unpaired) electrons. The Morgan fingerprint density at radius 3 is 2.46 bits per heavy atom. The van der Waals surface area contributed by atoms with E-state index >= 15 is 0 Å². The van der Waals surface area contributed by atoms with Crippen LogP contribution in [0.3, 0.4) is 0 Å². The number of nitrogens with zero attached hydrogens (tertiary/aromatic N) is 3. The van der Waals surface area contributed by atoms with Crippen LogP contribution in [0.5, 0.6) is 5.75 Å². The number of imide groups is 1. The molecule has 8 nitrogen and oxygen atoms in total. The average Bonchev–Trinajstić information content (AvgIpc) is 2.86.